The van der Waals surface area contributed by atoms with Crippen molar-refractivity contribution < 1.29 is 5.21 Å². The number of oxime groups is 1. The van der Waals surface area contributed by atoms with Crippen molar-refractivity contribution in [3.05, 3.63) is 17.6 Å². The molecule has 0 bridgehead atoms. The molecule has 19 heavy (non-hydrogen) atoms. The van der Waals surface area contributed by atoms with Gasteiger partial charge in [-0.3, -0.25) is 4.98 Å². The first-order valence-corrected chi connectivity index (χ1v) is 6.45. The Morgan fingerprint density at radius 3 is 2.63 bits per heavy atom. The molecule has 1 aromatic rings. The number of nitrogens with two attached hydrogens (primary N) is 1. The Hall–Kier alpha value is -1.85. The van der Waals surface area contributed by atoms with Crippen LogP contribution in [-0.2, 0) is 0 Å². The quantitative estimate of drug-likeness (QED) is 0.354. The van der Waals surface area contributed by atoms with Gasteiger partial charge in [0.25, 0.3) is 0 Å². The third-order valence-electron chi connectivity index (χ3n) is 2.86. The van der Waals surface area contributed by atoms with E-state index in [1.165, 1.54) is 0 Å². The standard InChI is InChI=1S/C13H23N5O/c1-9(2)8-18(6-5-12(14)17-19)13-7-15-10(3)11(4)16-13/h7,9,19H,5-6,8H2,1-4H3,(H2,14,17). The first-order valence-electron chi connectivity index (χ1n) is 6.45. The number of hydrogen-bond acceptors (Lipinski definition) is 5. The van der Waals surface area contributed by atoms with Crippen LogP contribution >= 0.6 is 0 Å². The van der Waals surface area contributed by atoms with E-state index in [9.17, 15) is 0 Å². The number of hydrogen-bond donors (Lipinski definition) is 2. The summed E-state index contributed by atoms with van der Waals surface area (Å²) >= 11 is 0. The molecule has 0 saturated heterocycles. The molecule has 0 aliphatic heterocycles. The highest BCUT2D eigenvalue weighted by Gasteiger charge is 2.12. The highest BCUT2D eigenvalue weighted by atomic mass is 16.4. The van der Waals surface area contributed by atoms with Crippen LogP contribution in [-0.4, -0.2) is 34.1 Å². The minimum absolute atomic E-state index is 0.227. The molecular formula is C13H23N5O. The summed E-state index contributed by atoms with van der Waals surface area (Å²) in [6.45, 7) is 9.69. The average molecular weight is 265 g/mol. The van der Waals surface area contributed by atoms with Gasteiger partial charge in [-0.25, -0.2) is 4.98 Å². The lowest BCUT2D eigenvalue weighted by molar-refractivity contribution is 0.317. The molecule has 0 amide bonds. The van der Waals surface area contributed by atoms with Crippen molar-refractivity contribution in [3.8, 4) is 0 Å². The van der Waals surface area contributed by atoms with Gasteiger partial charge in [-0.05, 0) is 19.8 Å². The molecule has 0 unspecified atom stereocenters. The molecule has 0 aliphatic carbocycles. The summed E-state index contributed by atoms with van der Waals surface area (Å²) in [5.74, 6) is 1.56. The van der Waals surface area contributed by atoms with Crippen LogP contribution in [0.25, 0.3) is 0 Å². The number of nitrogens with zero attached hydrogens (tertiary/aromatic N) is 4. The van der Waals surface area contributed by atoms with E-state index in [1.54, 1.807) is 6.20 Å². The molecule has 0 aliphatic rings. The molecule has 1 heterocycles. The zero-order valence-electron chi connectivity index (χ0n) is 12.1. The van der Waals surface area contributed by atoms with Crippen LogP contribution in [0.15, 0.2) is 11.4 Å². The van der Waals surface area contributed by atoms with Crippen molar-refractivity contribution in [2.75, 3.05) is 18.0 Å². The third kappa shape index (κ3) is 4.73. The summed E-state index contributed by atoms with van der Waals surface area (Å²) < 4.78 is 0. The van der Waals surface area contributed by atoms with Gasteiger partial charge in [0.05, 0.1) is 17.6 Å². The Balaban J connectivity index is 2.85. The van der Waals surface area contributed by atoms with E-state index < -0.39 is 0 Å². The lowest BCUT2D eigenvalue weighted by atomic mass is 10.2. The van der Waals surface area contributed by atoms with E-state index in [1.807, 2.05) is 13.8 Å². The van der Waals surface area contributed by atoms with Crippen molar-refractivity contribution in [2.24, 2.45) is 16.8 Å². The molecule has 0 aromatic carbocycles. The zero-order chi connectivity index (χ0) is 14.4. The van der Waals surface area contributed by atoms with Crippen molar-refractivity contribution in [3.63, 3.8) is 0 Å². The van der Waals surface area contributed by atoms with E-state index in [2.05, 4.69) is 33.9 Å². The molecule has 0 saturated carbocycles. The molecule has 106 valence electrons. The summed E-state index contributed by atoms with van der Waals surface area (Å²) in [6.07, 6.45) is 2.27. The van der Waals surface area contributed by atoms with E-state index in [0.717, 1.165) is 23.8 Å². The molecular weight excluding hydrogens is 242 g/mol. The van der Waals surface area contributed by atoms with Crippen molar-refractivity contribution in [1.29, 1.82) is 0 Å². The Morgan fingerprint density at radius 1 is 1.42 bits per heavy atom. The lowest BCUT2D eigenvalue weighted by Crippen LogP contribution is -2.32. The molecule has 0 fully saturated rings. The zero-order valence-corrected chi connectivity index (χ0v) is 12.1. The van der Waals surface area contributed by atoms with Crippen molar-refractivity contribution in [1.82, 2.24) is 9.97 Å². The fraction of sp³-hybridized carbons (Fsp3) is 0.615. The minimum atomic E-state index is 0.227. The molecule has 0 radical (unpaired) electrons. The summed E-state index contributed by atoms with van der Waals surface area (Å²) in [7, 11) is 0. The lowest BCUT2D eigenvalue weighted by Gasteiger charge is -2.25. The fourth-order valence-electron chi connectivity index (χ4n) is 1.72. The van der Waals surface area contributed by atoms with Crippen LogP contribution in [0.2, 0.25) is 0 Å². The summed E-state index contributed by atoms with van der Waals surface area (Å²) in [5, 5.41) is 11.6. The van der Waals surface area contributed by atoms with Gasteiger partial charge in [-0.2, -0.15) is 0 Å². The molecule has 1 aromatic heterocycles. The summed E-state index contributed by atoms with van der Waals surface area (Å²) in [6, 6.07) is 0. The smallest absolute Gasteiger partial charge is 0.147 e. The van der Waals surface area contributed by atoms with Gasteiger partial charge in [0.2, 0.25) is 0 Å². The van der Waals surface area contributed by atoms with Crippen molar-refractivity contribution in [2.45, 2.75) is 34.1 Å². The molecule has 0 spiro atoms. The van der Waals surface area contributed by atoms with Crippen LogP contribution < -0.4 is 10.6 Å². The van der Waals surface area contributed by atoms with Crippen LogP contribution in [0.5, 0.6) is 0 Å². The molecule has 3 N–H and O–H groups in total. The first-order chi connectivity index (χ1) is 8.93. The highest BCUT2D eigenvalue weighted by molar-refractivity contribution is 5.80. The van der Waals surface area contributed by atoms with E-state index >= 15 is 0 Å². The molecule has 6 heteroatoms. The Morgan fingerprint density at radius 2 is 2.11 bits per heavy atom. The summed E-state index contributed by atoms with van der Waals surface area (Å²) in [4.78, 5) is 11.0. The maximum absolute atomic E-state index is 8.60. The highest BCUT2D eigenvalue weighted by Crippen LogP contribution is 2.14. The van der Waals surface area contributed by atoms with Crippen LogP contribution in [0.1, 0.15) is 31.7 Å². The predicted octanol–water partition coefficient (Wildman–Crippen LogP) is 1.69. The summed E-state index contributed by atoms with van der Waals surface area (Å²) in [5.41, 5.74) is 7.38. The normalized spacial score (nSPS) is 11.9. The largest absolute Gasteiger partial charge is 0.409 e. The van der Waals surface area contributed by atoms with Crippen LogP contribution in [0, 0.1) is 19.8 Å². The second-order valence-electron chi connectivity index (χ2n) is 5.08. The van der Waals surface area contributed by atoms with E-state index in [-0.39, 0.29) is 5.84 Å². The predicted molar refractivity (Wildman–Crippen MR) is 76.6 cm³/mol. The number of amidine groups is 1. The second kappa shape index (κ2) is 6.92. The SMILES string of the molecule is Cc1ncc(N(CCC(N)=NO)CC(C)C)nc1C. The van der Waals surface area contributed by atoms with E-state index in [0.29, 0.717) is 18.9 Å². The van der Waals surface area contributed by atoms with E-state index in [4.69, 9.17) is 10.9 Å². The Bertz CT molecular complexity index is 445. The maximum Gasteiger partial charge on any atom is 0.147 e. The average Bonchev–Trinajstić information content (AvgIpc) is 2.37. The van der Waals surface area contributed by atoms with Gasteiger partial charge in [-0.1, -0.05) is 19.0 Å². The van der Waals surface area contributed by atoms with Gasteiger partial charge >= 0.3 is 0 Å². The fourth-order valence-corrected chi connectivity index (χ4v) is 1.72. The van der Waals surface area contributed by atoms with Crippen LogP contribution in [0.4, 0.5) is 5.82 Å². The number of aromatic nitrogens is 2. The number of anilines is 1. The van der Waals surface area contributed by atoms with Gasteiger partial charge < -0.3 is 15.8 Å². The molecule has 6 nitrogen and oxygen atoms in total. The first kappa shape index (κ1) is 15.2. The van der Waals surface area contributed by atoms with Crippen molar-refractivity contribution >= 4 is 11.7 Å². The Labute approximate surface area is 114 Å². The number of rotatable bonds is 6. The maximum atomic E-state index is 8.60. The van der Waals surface area contributed by atoms with Crippen LogP contribution in [0.3, 0.4) is 0 Å². The molecule has 1 rings (SSSR count). The Kier molecular flexibility index (Phi) is 5.54. The van der Waals surface area contributed by atoms with Gasteiger partial charge in [0.15, 0.2) is 0 Å². The minimum Gasteiger partial charge on any atom is -0.409 e. The van der Waals surface area contributed by atoms with Gasteiger partial charge in [-0.15, -0.1) is 0 Å². The third-order valence-corrected chi connectivity index (χ3v) is 2.86. The molecule has 0 atom stereocenters. The number of aryl methyl sites for hydroxylation is 2. The van der Waals surface area contributed by atoms with Gasteiger partial charge in [0, 0.05) is 19.5 Å². The van der Waals surface area contributed by atoms with Gasteiger partial charge in [0.1, 0.15) is 11.7 Å². The second-order valence-corrected chi connectivity index (χ2v) is 5.08. The monoisotopic (exact) mass is 265 g/mol. The topological polar surface area (TPSA) is 87.6 Å².